The number of aryl methyl sites for hydroxylation is 1. The largest absolute Gasteiger partial charge is 0.322 e. The van der Waals surface area contributed by atoms with Gasteiger partial charge in [0, 0.05) is 14.6 Å². The highest BCUT2D eigenvalue weighted by molar-refractivity contribution is 9.11. The summed E-state index contributed by atoms with van der Waals surface area (Å²) in [4.78, 5) is 12.1. The number of hydrogen-bond acceptors (Lipinski definition) is 1. The fraction of sp³-hybridized carbons (Fsp3) is 0.0714. The molecule has 0 spiro atoms. The molecule has 0 saturated heterocycles. The summed E-state index contributed by atoms with van der Waals surface area (Å²) in [7, 11) is 0. The second-order valence-electron chi connectivity index (χ2n) is 3.95. The summed E-state index contributed by atoms with van der Waals surface area (Å²) in [5.74, 6) is -0.125. The highest BCUT2D eigenvalue weighted by atomic mass is 79.9. The van der Waals surface area contributed by atoms with Crippen LogP contribution in [0.4, 0.5) is 5.69 Å². The van der Waals surface area contributed by atoms with E-state index in [1.54, 1.807) is 6.07 Å². The Kier molecular flexibility index (Phi) is 4.19. The number of anilines is 1. The fourth-order valence-corrected chi connectivity index (χ4v) is 2.82. The quantitative estimate of drug-likeness (QED) is 0.812. The lowest BCUT2D eigenvalue weighted by atomic mass is 10.2. The van der Waals surface area contributed by atoms with Gasteiger partial charge >= 0.3 is 0 Å². The smallest absolute Gasteiger partial charge is 0.256 e. The van der Waals surface area contributed by atoms with Crippen LogP contribution in [0.5, 0.6) is 0 Å². The third-order valence-corrected chi connectivity index (χ3v) is 3.60. The Morgan fingerprint density at radius 1 is 1.11 bits per heavy atom. The maximum absolute atomic E-state index is 12.1. The van der Waals surface area contributed by atoms with Crippen LogP contribution in [0.15, 0.2) is 51.4 Å². The van der Waals surface area contributed by atoms with Crippen LogP contribution in [0.1, 0.15) is 15.9 Å². The van der Waals surface area contributed by atoms with Gasteiger partial charge in [-0.3, -0.25) is 4.79 Å². The molecule has 92 valence electrons. The van der Waals surface area contributed by atoms with E-state index in [0.717, 1.165) is 20.2 Å². The van der Waals surface area contributed by atoms with E-state index in [1.165, 1.54) is 0 Å². The van der Waals surface area contributed by atoms with E-state index >= 15 is 0 Å². The third-order valence-electron chi connectivity index (χ3n) is 2.45. The molecular weight excluding hydrogens is 358 g/mol. The molecular formula is C14H11Br2NO. The van der Waals surface area contributed by atoms with Gasteiger partial charge in [-0.05, 0) is 58.7 Å². The van der Waals surface area contributed by atoms with Gasteiger partial charge in [-0.15, -0.1) is 0 Å². The minimum absolute atomic E-state index is 0.125. The van der Waals surface area contributed by atoms with Crippen LogP contribution in [-0.4, -0.2) is 5.91 Å². The second-order valence-corrected chi connectivity index (χ2v) is 5.72. The van der Waals surface area contributed by atoms with Crippen molar-refractivity contribution in [2.45, 2.75) is 6.92 Å². The molecule has 2 aromatic rings. The van der Waals surface area contributed by atoms with Crippen LogP contribution in [0.2, 0.25) is 0 Å². The van der Waals surface area contributed by atoms with Gasteiger partial charge in [0.25, 0.3) is 5.91 Å². The van der Waals surface area contributed by atoms with Crippen LogP contribution in [0.25, 0.3) is 0 Å². The molecule has 0 bridgehead atoms. The summed E-state index contributed by atoms with van der Waals surface area (Å²) in [5, 5.41) is 2.88. The molecule has 0 aliphatic rings. The fourth-order valence-electron chi connectivity index (χ4n) is 1.59. The average Bonchev–Trinajstić information content (AvgIpc) is 2.28. The molecule has 0 saturated carbocycles. The number of carbonyl (C=O) groups is 1. The zero-order valence-corrected chi connectivity index (χ0v) is 12.9. The van der Waals surface area contributed by atoms with Gasteiger partial charge in [0.2, 0.25) is 0 Å². The maximum atomic E-state index is 12.1. The second kappa shape index (κ2) is 5.67. The van der Waals surface area contributed by atoms with E-state index < -0.39 is 0 Å². The SMILES string of the molecule is Cc1cccc(NC(=O)c2ccc(Br)cc2Br)c1. The predicted octanol–water partition coefficient (Wildman–Crippen LogP) is 4.77. The van der Waals surface area contributed by atoms with Crippen molar-refractivity contribution in [1.82, 2.24) is 0 Å². The lowest BCUT2D eigenvalue weighted by Gasteiger charge is -2.07. The van der Waals surface area contributed by atoms with Crippen molar-refractivity contribution >= 4 is 43.5 Å². The van der Waals surface area contributed by atoms with Crippen molar-refractivity contribution in [2.75, 3.05) is 5.32 Å². The molecule has 4 heteroatoms. The van der Waals surface area contributed by atoms with Crippen LogP contribution in [0.3, 0.4) is 0 Å². The highest BCUT2D eigenvalue weighted by Crippen LogP contribution is 2.23. The third kappa shape index (κ3) is 3.21. The first-order chi connectivity index (χ1) is 8.56. The van der Waals surface area contributed by atoms with Crippen LogP contribution in [0, 0.1) is 6.92 Å². The van der Waals surface area contributed by atoms with Crippen molar-refractivity contribution in [3.05, 3.63) is 62.5 Å². The number of halogens is 2. The Labute approximate surface area is 123 Å². The number of benzene rings is 2. The molecule has 0 aliphatic heterocycles. The molecule has 0 radical (unpaired) electrons. The van der Waals surface area contributed by atoms with Crippen molar-refractivity contribution in [1.29, 1.82) is 0 Å². The van der Waals surface area contributed by atoms with Gasteiger partial charge in [-0.2, -0.15) is 0 Å². The molecule has 0 heterocycles. The topological polar surface area (TPSA) is 29.1 Å². The Bertz CT molecular complexity index is 596. The standard InChI is InChI=1S/C14H11Br2NO/c1-9-3-2-4-11(7-9)17-14(18)12-6-5-10(15)8-13(12)16/h2-8H,1H3,(H,17,18). The number of carbonyl (C=O) groups excluding carboxylic acids is 1. The summed E-state index contributed by atoms with van der Waals surface area (Å²) in [6.07, 6.45) is 0. The first-order valence-electron chi connectivity index (χ1n) is 5.39. The molecule has 0 fully saturated rings. The molecule has 0 aliphatic carbocycles. The van der Waals surface area contributed by atoms with Gasteiger partial charge in [-0.25, -0.2) is 0 Å². The van der Waals surface area contributed by atoms with Crippen molar-refractivity contribution in [3.63, 3.8) is 0 Å². The number of nitrogens with one attached hydrogen (secondary N) is 1. The minimum Gasteiger partial charge on any atom is -0.322 e. The zero-order chi connectivity index (χ0) is 13.1. The number of amides is 1. The van der Waals surface area contributed by atoms with Crippen molar-refractivity contribution < 1.29 is 4.79 Å². The maximum Gasteiger partial charge on any atom is 0.256 e. The summed E-state index contributed by atoms with van der Waals surface area (Å²) in [5.41, 5.74) is 2.53. The van der Waals surface area contributed by atoms with E-state index in [4.69, 9.17) is 0 Å². The molecule has 2 aromatic carbocycles. The Balaban J connectivity index is 2.22. The Morgan fingerprint density at radius 3 is 2.56 bits per heavy atom. The van der Waals surface area contributed by atoms with E-state index in [0.29, 0.717) is 5.56 Å². The predicted molar refractivity (Wildman–Crippen MR) is 81.0 cm³/mol. The molecule has 0 aromatic heterocycles. The number of hydrogen-bond donors (Lipinski definition) is 1. The van der Waals surface area contributed by atoms with Gasteiger partial charge in [-0.1, -0.05) is 28.1 Å². The van der Waals surface area contributed by atoms with Crippen LogP contribution in [-0.2, 0) is 0 Å². The van der Waals surface area contributed by atoms with E-state index in [-0.39, 0.29) is 5.91 Å². The summed E-state index contributed by atoms with van der Waals surface area (Å²) >= 11 is 6.74. The van der Waals surface area contributed by atoms with E-state index in [2.05, 4.69) is 37.2 Å². The first-order valence-corrected chi connectivity index (χ1v) is 6.98. The van der Waals surface area contributed by atoms with E-state index in [9.17, 15) is 4.79 Å². The molecule has 1 amide bonds. The first kappa shape index (κ1) is 13.3. The summed E-state index contributed by atoms with van der Waals surface area (Å²) in [6, 6.07) is 13.2. The Hall–Kier alpha value is -1.13. The highest BCUT2D eigenvalue weighted by Gasteiger charge is 2.10. The lowest BCUT2D eigenvalue weighted by molar-refractivity contribution is 0.102. The number of rotatable bonds is 2. The normalized spacial score (nSPS) is 10.2. The molecule has 1 N–H and O–H groups in total. The molecule has 2 rings (SSSR count). The monoisotopic (exact) mass is 367 g/mol. The zero-order valence-electron chi connectivity index (χ0n) is 9.71. The van der Waals surface area contributed by atoms with Gasteiger partial charge in [0.15, 0.2) is 0 Å². The van der Waals surface area contributed by atoms with Crippen molar-refractivity contribution in [2.24, 2.45) is 0 Å². The average molecular weight is 369 g/mol. The van der Waals surface area contributed by atoms with Gasteiger partial charge < -0.3 is 5.32 Å². The molecule has 0 atom stereocenters. The Morgan fingerprint density at radius 2 is 1.89 bits per heavy atom. The summed E-state index contributed by atoms with van der Waals surface area (Å²) < 4.78 is 1.70. The van der Waals surface area contributed by atoms with Crippen molar-refractivity contribution in [3.8, 4) is 0 Å². The van der Waals surface area contributed by atoms with Crippen LogP contribution < -0.4 is 5.32 Å². The minimum atomic E-state index is -0.125. The molecule has 18 heavy (non-hydrogen) atoms. The summed E-state index contributed by atoms with van der Waals surface area (Å²) in [6.45, 7) is 1.99. The van der Waals surface area contributed by atoms with Crippen LogP contribution >= 0.6 is 31.9 Å². The molecule has 0 unspecified atom stereocenters. The van der Waals surface area contributed by atoms with Gasteiger partial charge in [0.1, 0.15) is 0 Å². The van der Waals surface area contributed by atoms with Gasteiger partial charge in [0.05, 0.1) is 5.56 Å². The lowest BCUT2D eigenvalue weighted by Crippen LogP contribution is -2.12. The molecule has 2 nitrogen and oxygen atoms in total. The van der Waals surface area contributed by atoms with E-state index in [1.807, 2.05) is 43.3 Å².